The van der Waals surface area contributed by atoms with Gasteiger partial charge in [0.1, 0.15) is 0 Å². The molecule has 1 N–H and O–H groups in total. The van der Waals surface area contributed by atoms with E-state index in [0.717, 1.165) is 36.7 Å². The van der Waals surface area contributed by atoms with Crippen LogP contribution < -0.4 is 10.2 Å². The molecule has 1 amide bonds. The smallest absolute Gasteiger partial charge is 0.251 e. The normalized spacial score (nSPS) is 13.7. The van der Waals surface area contributed by atoms with Gasteiger partial charge in [-0.3, -0.25) is 4.79 Å². The van der Waals surface area contributed by atoms with Crippen molar-refractivity contribution in [3.63, 3.8) is 0 Å². The third-order valence-electron chi connectivity index (χ3n) is 4.40. The lowest BCUT2D eigenvalue weighted by Crippen LogP contribution is -2.34. The molecule has 2 aromatic carbocycles. The van der Waals surface area contributed by atoms with Gasteiger partial charge in [0.25, 0.3) is 5.91 Å². The number of carbonyl (C=O) groups excluding carboxylic acids is 1. The zero-order chi connectivity index (χ0) is 18.0. The van der Waals surface area contributed by atoms with Crippen molar-refractivity contribution in [2.75, 3.05) is 11.4 Å². The lowest BCUT2D eigenvalue weighted by atomic mass is 9.95. The van der Waals surface area contributed by atoms with Crippen molar-refractivity contribution >= 4 is 11.6 Å². The number of fused-ring (bicyclic) bond motifs is 1. The maximum atomic E-state index is 14.0. The molecule has 3 rings (SSSR count). The first-order valence-electron chi connectivity index (χ1n) is 8.58. The fourth-order valence-electron chi connectivity index (χ4n) is 3.29. The van der Waals surface area contributed by atoms with E-state index in [0.29, 0.717) is 11.1 Å². The second-order valence-electron chi connectivity index (χ2n) is 6.67. The van der Waals surface area contributed by atoms with Crippen molar-refractivity contribution in [2.45, 2.75) is 39.3 Å². The molecular formula is C20H22F2N2O. The first kappa shape index (κ1) is 17.4. The van der Waals surface area contributed by atoms with Crippen LogP contribution in [0, 0.1) is 11.6 Å². The SMILES string of the molecule is CC(C)NC(=O)c1cccc2c1CCCN2Cc1cccc(F)c1F. The van der Waals surface area contributed by atoms with Crippen LogP contribution in [0.4, 0.5) is 14.5 Å². The van der Waals surface area contributed by atoms with Crippen LogP contribution in [-0.4, -0.2) is 18.5 Å². The Balaban J connectivity index is 1.92. The Bertz CT molecular complexity index is 789. The van der Waals surface area contributed by atoms with Gasteiger partial charge in [-0.25, -0.2) is 8.78 Å². The fourth-order valence-corrected chi connectivity index (χ4v) is 3.29. The van der Waals surface area contributed by atoms with E-state index in [1.165, 1.54) is 6.07 Å². The van der Waals surface area contributed by atoms with Gasteiger partial charge in [0, 0.05) is 35.9 Å². The van der Waals surface area contributed by atoms with Crippen molar-refractivity contribution < 1.29 is 13.6 Å². The molecule has 0 fully saturated rings. The van der Waals surface area contributed by atoms with Gasteiger partial charge in [-0.2, -0.15) is 0 Å². The summed E-state index contributed by atoms with van der Waals surface area (Å²) < 4.78 is 27.5. The number of nitrogens with one attached hydrogen (secondary N) is 1. The molecule has 5 heteroatoms. The van der Waals surface area contributed by atoms with Gasteiger partial charge in [0.15, 0.2) is 11.6 Å². The first-order valence-corrected chi connectivity index (χ1v) is 8.58. The van der Waals surface area contributed by atoms with E-state index in [9.17, 15) is 13.6 Å². The van der Waals surface area contributed by atoms with E-state index in [4.69, 9.17) is 0 Å². The highest BCUT2D eigenvalue weighted by atomic mass is 19.2. The van der Waals surface area contributed by atoms with Gasteiger partial charge in [-0.1, -0.05) is 18.2 Å². The van der Waals surface area contributed by atoms with E-state index in [-0.39, 0.29) is 18.5 Å². The summed E-state index contributed by atoms with van der Waals surface area (Å²) in [6.45, 7) is 4.88. The maximum absolute atomic E-state index is 14.0. The number of hydrogen-bond donors (Lipinski definition) is 1. The van der Waals surface area contributed by atoms with Gasteiger partial charge in [0.05, 0.1) is 0 Å². The summed E-state index contributed by atoms with van der Waals surface area (Å²) >= 11 is 0. The summed E-state index contributed by atoms with van der Waals surface area (Å²) in [5, 5.41) is 2.92. The first-order chi connectivity index (χ1) is 12.0. The molecule has 132 valence electrons. The summed E-state index contributed by atoms with van der Waals surface area (Å²) in [7, 11) is 0. The quantitative estimate of drug-likeness (QED) is 0.907. The molecule has 0 atom stereocenters. The predicted octanol–water partition coefficient (Wildman–Crippen LogP) is 4.06. The number of nitrogens with zero attached hydrogens (tertiary/aromatic N) is 1. The third kappa shape index (κ3) is 3.65. The third-order valence-corrected chi connectivity index (χ3v) is 4.40. The van der Waals surface area contributed by atoms with Crippen LogP contribution in [0.2, 0.25) is 0 Å². The minimum Gasteiger partial charge on any atom is -0.367 e. The van der Waals surface area contributed by atoms with Crippen LogP contribution in [0.1, 0.15) is 41.8 Å². The zero-order valence-electron chi connectivity index (χ0n) is 14.5. The summed E-state index contributed by atoms with van der Waals surface area (Å²) in [5.74, 6) is -1.73. The van der Waals surface area contributed by atoms with Crippen LogP contribution in [-0.2, 0) is 13.0 Å². The highest BCUT2D eigenvalue weighted by molar-refractivity contribution is 5.97. The maximum Gasteiger partial charge on any atom is 0.251 e. The van der Waals surface area contributed by atoms with Crippen molar-refractivity contribution in [1.29, 1.82) is 0 Å². The molecule has 1 aliphatic heterocycles. The molecule has 0 spiro atoms. The molecule has 0 aliphatic carbocycles. The van der Waals surface area contributed by atoms with Crippen LogP contribution in [0.3, 0.4) is 0 Å². The van der Waals surface area contributed by atoms with E-state index >= 15 is 0 Å². The Hall–Kier alpha value is -2.43. The van der Waals surface area contributed by atoms with E-state index in [2.05, 4.69) is 5.32 Å². The van der Waals surface area contributed by atoms with Gasteiger partial charge in [-0.15, -0.1) is 0 Å². The Labute approximate surface area is 146 Å². The number of amides is 1. The zero-order valence-corrected chi connectivity index (χ0v) is 14.5. The highest BCUT2D eigenvalue weighted by Gasteiger charge is 2.23. The molecule has 1 aliphatic rings. The monoisotopic (exact) mass is 344 g/mol. The van der Waals surface area contributed by atoms with E-state index in [1.807, 2.05) is 36.9 Å². The molecule has 0 bridgehead atoms. The van der Waals surface area contributed by atoms with Gasteiger partial charge < -0.3 is 10.2 Å². The summed E-state index contributed by atoms with van der Waals surface area (Å²) in [6.07, 6.45) is 1.68. The predicted molar refractivity (Wildman–Crippen MR) is 94.8 cm³/mol. The van der Waals surface area contributed by atoms with Crippen molar-refractivity contribution in [1.82, 2.24) is 5.32 Å². The Kier molecular flexibility index (Phi) is 5.02. The number of halogens is 2. The van der Waals surface area contributed by atoms with Gasteiger partial charge in [-0.05, 0) is 50.5 Å². The molecule has 2 aromatic rings. The largest absolute Gasteiger partial charge is 0.367 e. The second-order valence-corrected chi connectivity index (χ2v) is 6.67. The van der Waals surface area contributed by atoms with E-state index < -0.39 is 11.6 Å². The van der Waals surface area contributed by atoms with Crippen LogP contribution >= 0.6 is 0 Å². The Morgan fingerprint density at radius 3 is 2.72 bits per heavy atom. The van der Waals surface area contributed by atoms with Gasteiger partial charge in [0.2, 0.25) is 0 Å². The molecule has 0 saturated heterocycles. The summed E-state index contributed by atoms with van der Waals surface area (Å²) in [5.41, 5.74) is 2.88. The molecular weight excluding hydrogens is 322 g/mol. The van der Waals surface area contributed by atoms with Crippen LogP contribution in [0.25, 0.3) is 0 Å². The molecule has 0 radical (unpaired) electrons. The number of hydrogen-bond acceptors (Lipinski definition) is 2. The Morgan fingerprint density at radius 1 is 1.20 bits per heavy atom. The summed E-state index contributed by atoms with van der Waals surface area (Å²) in [6, 6.07) is 9.91. The molecule has 25 heavy (non-hydrogen) atoms. The lowest BCUT2D eigenvalue weighted by molar-refractivity contribution is 0.0942. The number of benzene rings is 2. The standard InChI is InChI=1S/C20H22F2N2O/c1-13(2)23-20(25)16-7-4-10-18-15(16)8-5-11-24(18)12-14-6-3-9-17(21)19(14)22/h3-4,6-7,9-10,13H,5,8,11-12H2,1-2H3,(H,23,25). The number of rotatable bonds is 4. The Morgan fingerprint density at radius 2 is 1.96 bits per heavy atom. The van der Waals surface area contributed by atoms with E-state index in [1.54, 1.807) is 6.07 Å². The van der Waals surface area contributed by atoms with Gasteiger partial charge >= 0.3 is 0 Å². The minimum absolute atomic E-state index is 0.0597. The lowest BCUT2D eigenvalue weighted by Gasteiger charge is -2.32. The van der Waals surface area contributed by atoms with Crippen molar-refractivity contribution in [3.05, 3.63) is 64.7 Å². The molecule has 1 heterocycles. The molecule has 0 aromatic heterocycles. The highest BCUT2D eigenvalue weighted by Crippen LogP contribution is 2.31. The van der Waals surface area contributed by atoms with Crippen molar-refractivity contribution in [2.24, 2.45) is 0 Å². The van der Waals surface area contributed by atoms with Crippen LogP contribution in [0.5, 0.6) is 0 Å². The summed E-state index contributed by atoms with van der Waals surface area (Å²) in [4.78, 5) is 14.5. The second kappa shape index (κ2) is 7.21. The fraction of sp³-hybridized carbons (Fsp3) is 0.350. The molecule has 0 saturated carbocycles. The average molecular weight is 344 g/mol. The number of carbonyl (C=O) groups is 1. The number of anilines is 1. The van der Waals surface area contributed by atoms with Crippen molar-refractivity contribution in [3.8, 4) is 0 Å². The minimum atomic E-state index is -0.834. The molecule has 3 nitrogen and oxygen atoms in total. The topological polar surface area (TPSA) is 32.3 Å². The van der Waals surface area contributed by atoms with Crippen LogP contribution in [0.15, 0.2) is 36.4 Å². The average Bonchev–Trinajstić information content (AvgIpc) is 2.58. The molecule has 0 unspecified atom stereocenters.